The van der Waals surface area contributed by atoms with Gasteiger partial charge in [-0.05, 0) is 40.7 Å². The van der Waals surface area contributed by atoms with Crippen molar-refractivity contribution >= 4 is 29.3 Å². The van der Waals surface area contributed by atoms with Crippen molar-refractivity contribution in [2.24, 2.45) is 0 Å². The van der Waals surface area contributed by atoms with Gasteiger partial charge < -0.3 is 15.0 Å². The molecule has 1 aliphatic heterocycles. The van der Waals surface area contributed by atoms with E-state index in [4.69, 9.17) is 16.3 Å². The monoisotopic (exact) mass is 371 g/mol. The van der Waals surface area contributed by atoms with Crippen LogP contribution in [0, 0.1) is 0 Å². The second kappa shape index (κ2) is 8.05. The number of likely N-dealkylation sites (N-methyl/N-ethyl adjacent to an activating group) is 1. The molecule has 1 saturated heterocycles. The maximum atomic E-state index is 12.1. The second-order valence-corrected chi connectivity index (χ2v) is 7.64. The lowest BCUT2D eigenvalue weighted by molar-refractivity contribution is -0.117. The van der Waals surface area contributed by atoms with E-state index in [1.807, 2.05) is 32.7 Å². The molecule has 140 valence electrons. The minimum atomic E-state index is -0.489. The zero-order valence-corrected chi connectivity index (χ0v) is 15.9. The minimum Gasteiger partial charge on any atom is -0.444 e. The highest BCUT2D eigenvalue weighted by atomic mass is 35.5. The molecule has 1 aromatic rings. The molecule has 25 heavy (non-hydrogen) atoms. The Morgan fingerprint density at radius 1 is 1.44 bits per heavy atom. The van der Waals surface area contributed by atoms with Crippen molar-refractivity contribution in [3.8, 4) is 0 Å². The number of nitrogens with zero attached hydrogens (tertiary/aromatic N) is 3. The summed E-state index contributed by atoms with van der Waals surface area (Å²) in [7, 11) is 1.91. The SMILES string of the molecule is CN(CC(=O)Nc1cn[nH]c1Cl)C1CCN(C(=O)OC(C)(C)C)CC1. The molecule has 0 radical (unpaired) electrons. The van der Waals surface area contributed by atoms with Crippen molar-refractivity contribution in [2.45, 2.75) is 45.3 Å². The Bertz CT molecular complexity index is 605. The number of aromatic nitrogens is 2. The maximum Gasteiger partial charge on any atom is 0.410 e. The number of halogens is 1. The number of nitrogens with one attached hydrogen (secondary N) is 2. The zero-order valence-electron chi connectivity index (χ0n) is 15.1. The van der Waals surface area contributed by atoms with E-state index < -0.39 is 5.60 Å². The Labute approximate surface area is 152 Å². The Morgan fingerprint density at radius 3 is 2.60 bits per heavy atom. The van der Waals surface area contributed by atoms with Crippen molar-refractivity contribution in [3.63, 3.8) is 0 Å². The van der Waals surface area contributed by atoms with Crippen LogP contribution in [-0.2, 0) is 9.53 Å². The number of hydrogen-bond donors (Lipinski definition) is 2. The average molecular weight is 372 g/mol. The number of H-pyrrole nitrogens is 1. The van der Waals surface area contributed by atoms with E-state index in [2.05, 4.69) is 15.5 Å². The van der Waals surface area contributed by atoms with Crippen LogP contribution in [0.5, 0.6) is 0 Å². The van der Waals surface area contributed by atoms with Gasteiger partial charge in [-0.3, -0.25) is 14.8 Å². The first kappa shape index (κ1) is 19.5. The van der Waals surface area contributed by atoms with Gasteiger partial charge >= 0.3 is 6.09 Å². The summed E-state index contributed by atoms with van der Waals surface area (Å²) in [5, 5.41) is 9.35. The van der Waals surface area contributed by atoms with E-state index >= 15 is 0 Å². The standard InChI is InChI=1S/C16H26ClN5O3/c1-16(2,3)25-15(24)22-7-5-11(6-8-22)21(4)10-13(23)19-12-9-18-20-14(12)17/h9,11H,5-8,10H2,1-4H3,(H,18,20)(H,19,23). The molecular formula is C16H26ClN5O3. The van der Waals surface area contributed by atoms with Crippen LogP contribution in [0.3, 0.4) is 0 Å². The van der Waals surface area contributed by atoms with E-state index in [1.165, 1.54) is 6.20 Å². The molecule has 2 amide bonds. The highest BCUT2D eigenvalue weighted by Crippen LogP contribution is 2.19. The lowest BCUT2D eigenvalue weighted by atomic mass is 10.0. The van der Waals surface area contributed by atoms with Gasteiger partial charge in [0.05, 0.1) is 18.4 Å². The van der Waals surface area contributed by atoms with Gasteiger partial charge in [0.2, 0.25) is 5.91 Å². The van der Waals surface area contributed by atoms with Gasteiger partial charge in [-0.1, -0.05) is 11.6 Å². The lowest BCUT2D eigenvalue weighted by Crippen LogP contribution is -2.48. The quantitative estimate of drug-likeness (QED) is 0.847. The molecule has 8 nitrogen and oxygen atoms in total. The molecule has 1 fully saturated rings. The number of rotatable bonds is 4. The lowest BCUT2D eigenvalue weighted by Gasteiger charge is -2.37. The zero-order chi connectivity index (χ0) is 18.6. The number of hydrogen-bond acceptors (Lipinski definition) is 5. The molecular weight excluding hydrogens is 346 g/mol. The van der Waals surface area contributed by atoms with Crippen molar-refractivity contribution < 1.29 is 14.3 Å². The highest BCUT2D eigenvalue weighted by Gasteiger charge is 2.29. The van der Waals surface area contributed by atoms with Crippen LogP contribution in [0.2, 0.25) is 5.15 Å². The van der Waals surface area contributed by atoms with Gasteiger partial charge in [0.25, 0.3) is 0 Å². The fourth-order valence-electron chi connectivity index (χ4n) is 2.72. The number of carbonyl (C=O) groups excluding carboxylic acids is 2. The molecule has 9 heteroatoms. The van der Waals surface area contributed by atoms with Crippen LogP contribution in [0.4, 0.5) is 10.5 Å². The van der Waals surface area contributed by atoms with Gasteiger partial charge in [-0.2, -0.15) is 5.10 Å². The molecule has 0 saturated carbocycles. The topological polar surface area (TPSA) is 90.6 Å². The maximum absolute atomic E-state index is 12.1. The molecule has 0 aromatic carbocycles. The molecule has 1 aromatic heterocycles. The number of piperidine rings is 1. The number of anilines is 1. The van der Waals surface area contributed by atoms with Gasteiger partial charge in [-0.25, -0.2) is 4.79 Å². The van der Waals surface area contributed by atoms with E-state index in [0.29, 0.717) is 23.9 Å². The summed E-state index contributed by atoms with van der Waals surface area (Å²) in [5.41, 5.74) is -0.0169. The minimum absolute atomic E-state index is 0.152. The highest BCUT2D eigenvalue weighted by molar-refractivity contribution is 6.32. The predicted molar refractivity (Wildman–Crippen MR) is 95.7 cm³/mol. The summed E-state index contributed by atoms with van der Waals surface area (Å²) < 4.78 is 5.40. The Hall–Kier alpha value is -1.80. The van der Waals surface area contributed by atoms with Crippen molar-refractivity contribution in [1.82, 2.24) is 20.0 Å². The summed E-state index contributed by atoms with van der Waals surface area (Å²) in [5.74, 6) is -0.152. The first-order valence-corrected chi connectivity index (χ1v) is 8.70. The Balaban J connectivity index is 1.77. The summed E-state index contributed by atoms with van der Waals surface area (Å²) in [6, 6.07) is 0.240. The first-order valence-electron chi connectivity index (χ1n) is 8.32. The van der Waals surface area contributed by atoms with Crippen molar-refractivity contribution in [2.75, 3.05) is 32.0 Å². The predicted octanol–water partition coefficient (Wildman–Crippen LogP) is 2.33. The smallest absolute Gasteiger partial charge is 0.410 e. The first-order chi connectivity index (χ1) is 11.7. The molecule has 0 unspecified atom stereocenters. The molecule has 1 aliphatic rings. The van der Waals surface area contributed by atoms with Crippen molar-refractivity contribution in [3.05, 3.63) is 11.3 Å². The fraction of sp³-hybridized carbons (Fsp3) is 0.688. The van der Waals surface area contributed by atoms with Crippen molar-refractivity contribution in [1.29, 1.82) is 0 Å². The third-order valence-corrected chi connectivity index (χ3v) is 4.29. The van der Waals surface area contributed by atoms with Crippen LogP contribution >= 0.6 is 11.6 Å². The summed E-state index contributed by atoms with van der Waals surface area (Å²) in [6.45, 7) is 7.07. The summed E-state index contributed by atoms with van der Waals surface area (Å²) in [6.07, 6.45) is 2.80. The normalized spacial score (nSPS) is 16.2. The van der Waals surface area contributed by atoms with E-state index in [-0.39, 0.29) is 24.6 Å². The second-order valence-electron chi connectivity index (χ2n) is 7.26. The molecule has 0 spiro atoms. The number of aromatic amines is 1. The van der Waals surface area contributed by atoms with Crippen LogP contribution in [0.25, 0.3) is 0 Å². The summed E-state index contributed by atoms with van der Waals surface area (Å²) in [4.78, 5) is 27.9. The number of likely N-dealkylation sites (tertiary alicyclic amines) is 1. The van der Waals surface area contributed by atoms with Crippen LogP contribution < -0.4 is 5.32 Å². The van der Waals surface area contributed by atoms with Gasteiger partial charge in [0.1, 0.15) is 10.8 Å². The third kappa shape index (κ3) is 5.89. The van der Waals surface area contributed by atoms with Crippen LogP contribution in [0.1, 0.15) is 33.6 Å². The Morgan fingerprint density at radius 2 is 2.08 bits per heavy atom. The largest absolute Gasteiger partial charge is 0.444 e. The van der Waals surface area contributed by atoms with Gasteiger partial charge in [-0.15, -0.1) is 0 Å². The van der Waals surface area contributed by atoms with Gasteiger partial charge in [0, 0.05) is 19.1 Å². The molecule has 0 aliphatic carbocycles. The third-order valence-electron chi connectivity index (χ3n) is 4.00. The molecule has 2 rings (SSSR count). The molecule has 2 heterocycles. The van der Waals surface area contributed by atoms with E-state index in [0.717, 1.165) is 12.8 Å². The van der Waals surface area contributed by atoms with E-state index in [1.54, 1.807) is 4.90 Å². The molecule has 2 N–H and O–H groups in total. The number of carbonyl (C=O) groups is 2. The van der Waals surface area contributed by atoms with Gasteiger partial charge in [0.15, 0.2) is 0 Å². The average Bonchev–Trinajstić information content (AvgIpc) is 2.90. The number of ether oxygens (including phenoxy) is 1. The Kier molecular flexibility index (Phi) is 6.29. The summed E-state index contributed by atoms with van der Waals surface area (Å²) >= 11 is 5.86. The number of amides is 2. The molecule has 0 atom stereocenters. The molecule has 0 bridgehead atoms. The fourth-order valence-corrected chi connectivity index (χ4v) is 2.86. The van der Waals surface area contributed by atoms with Crippen LogP contribution in [-0.4, -0.2) is 70.3 Å². The van der Waals surface area contributed by atoms with Crippen LogP contribution in [0.15, 0.2) is 6.20 Å². The van der Waals surface area contributed by atoms with E-state index in [9.17, 15) is 9.59 Å².